The Hall–Kier alpha value is -1.68. The molecule has 1 heterocycles. The second-order valence-electron chi connectivity index (χ2n) is 3.58. The summed E-state index contributed by atoms with van der Waals surface area (Å²) in [6.45, 7) is 0.636. The van der Waals surface area contributed by atoms with Crippen LogP contribution in [0.25, 0.3) is 0 Å². The van der Waals surface area contributed by atoms with Crippen molar-refractivity contribution in [3.63, 3.8) is 0 Å². The van der Waals surface area contributed by atoms with Crippen LogP contribution in [-0.2, 0) is 6.42 Å². The minimum absolute atomic E-state index is 0.607. The first-order valence-electron chi connectivity index (χ1n) is 5.38. The molecule has 17 heavy (non-hydrogen) atoms. The van der Waals surface area contributed by atoms with Crippen molar-refractivity contribution >= 4 is 17.0 Å². The van der Waals surface area contributed by atoms with Gasteiger partial charge >= 0.3 is 0 Å². The predicted molar refractivity (Wildman–Crippen MR) is 70.9 cm³/mol. The largest absolute Gasteiger partial charge is 0.497 e. The fourth-order valence-corrected chi connectivity index (χ4v) is 2.19. The van der Waals surface area contributed by atoms with Gasteiger partial charge in [0.15, 0.2) is 0 Å². The van der Waals surface area contributed by atoms with Crippen LogP contribution in [-0.4, -0.2) is 13.7 Å². The minimum Gasteiger partial charge on any atom is -0.497 e. The van der Waals surface area contributed by atoms with Gasteiger partial charge < -0.3 is 15.2 Å². The quantitative estimate of drug-likeness (QED) is 0.829. The van der Waals surface area contributed by atoms with E-state index in [0.29, 0.717) is 18.0 Å². The highest BCUT2D eigenvalue weighted by molar-refractivity contribution is 7.09. The van der Waals surface area contributed by atoms with E-state index < -0.39 is 0 Å². The molecule has 2 N–H and O–H groups in total. The summed E-state index contributed by atoms with van der Waals surface area (Å²) < 4.78 is 10.7. The van der Waals surface area contributed by atoms with Crippen LogP contribution >= 0.6 is 11.3 Å². The molecule has 0 saturated heterocycles. The summed E-state index contributed by atoms with van der Waals surface area (Å²) in [5.74, 6) is 1.45. The molecule has 0 aliphatic heterocycles. The molecule has 0 aliphatic rings. The van der Waals surface area contributed by atoms with Crippen LogP contribution in [0.4, 0.5) is 5.69 Å². The number of hydrogen-bond acceptors (Lipinski definition) is 4. The monoisotopic (exact) mass is 249 g/mol. The zero-order chi connectivity index (χ0) is 12.1. The number of nitrogen functional groups attached to an aromatic ring is 1. The third kappa shape index (κ3) is 3.14. The molecule has 90 valence electrons. The Morgan fingerprint density at radius 2 is 2.18 bits per heavy atom. The number of methoxy groups -OCH3 is 1. The molecule has 0 amide bonds. The van der Waals surface area contributed by atoms with Crippen molar-refractivity contribution in [2.24, 2.45) is 0 Å². The number of hydrogen-bond donors (Lipinski definition) is 1. The molecule has 2 aromatic rings. The average molecular weight is 249 g/mol. The molecule has 0 atom stereocenters. The first-order valence-corrected chi connectivity index (χ1v) is 6.26. The third-order valence-corrected chi connectivity index (χ3v) is 3.34. The Bertz CT molecular complexity index is 468. The van der Waals surface area contributed by atoms with E-state index >= 15 is 0 Å². The molecule has 1 aromatic heterocycles. The normalized spacial score (nSPS) is 10.2. The van der Waals surface area contributed by atoms with E-state index in [1.807, 2.05) is 18.2 Å². The van der Waals surface area contributed by atoms with Crippen molar-refractivity contribution in [1.82, 2.24) is 0 Å². The van der Waals surface area contributed by atoms with Crippen LogP contribution in [0.3, 0.4) is 0 Å². The van der Waals surface area contributed by atoms with Gasteiger partial charge in [0.25, 0.3) is 0 Å². The molecule has 3 nitrogen and oxygen atoms in total. The number of benzene rings is 1. The summed E-state index contributed by atoms with van der Waals surface area (Å²) in [7, 11) is 1.62. The van der Waals surface area contributed by atoms with Gasteiger partial charge in [-0.2, -0.15) is 0 Å². The van der Waals surface area contributed by atoms with Gasteiger partial charge in [0, 0.05) is 17.4 Å². The highest BCUT2D eigenvalue weighted by Gasteiger charge is 2.02. The molecule has 0 spiro atoms. The maximum atomic E-state index is 5.85. The number of anilines is 1. The Balaban J connectivity index is 1.90. The molecule has 0 fully saturated rings. The summed E-state index contributed by atoms with van der Waals surface area (Å²) in [5, 5.41) is 2.07. The van der Waals surface area contributed by atoms with Gasteiger partial charge in [-0.25, -0.2) is 0 Å². The van der Waals surface area contributed by atoms with E-state index in [-0.39, 0.29) is 0 Å². The van der Waals surface area contributed by atoms with E-state index in [0.717, 1.165) is 12.2 Å². The summed E-state index contributed by atoms with van der Waals surface area (Å²) in [5.41, 5.74) is 6.46. The molecule has 4 heteroatoms. The van der Waals surface area contributed by atoms with Crippen LogP contribution < -0.4 is 15.2 Å². The van der Waals surface area contributed by atoms with Crippen LogP contribution in [0.15, 0.2) is 35.7 Å². The maximum Gasteiger partial charge on any atom is 0.142 e. The van der Waals surface area contributed by atoms with Gasteiger partial charge in [-0.05, 0) is 23.6 Å². The molecule has 0 unspecified atom stereocenters. The molecule has 0 saturated carbocycles. The molecule has 0 aliphatic carbocycles. The fourth-order valence-electron chi connectivity index (χ4n) is 1.50. The van der Waals surface area contributed by atoms with Crippen molar-refractivity contribution in [3.8, 4) is 11.5 Å². The van der Waals surface area contributed by atoms with Gasteiger partial charge in [-0.1, -0.05) is 6.07 Å². The Kier molecular flexibility index (Phi) is 3.88. The lowest BCUT2D eigenvalue weighted by atomic mass is 10.3. The maximum absolute atomic E-state index is 5.85. The number of thiophene rings is 1. The number of ether oxygens (including phenoxy) is 2. The molecular weight excluding hydrogens is 234 g/mol. The van der Waals surface area contributed by atoms with Crippen LogP contribution in [0, 0.1) is 0 Å². The van der Waals surface area contributed by atoms with Gasteiger partial charge in [0.2, 0.25) is 0 Å². The van der Waals surface area contributed by atoms with Gasteiger partial charge in [-0.3, -0.25) is 0 Å². The first-order chi connectivity index (χ1) is 8.29. The average Bonchev–Trinajstić information content (AvgIpc) is 2.84. The van der Waals surface area contributed by atoms with E-state index in [9.17, 15) is 0 Å². The second-order valence-corrected chi connectivity index (χ2v) is 4.61. The standard InChI is InChI=1S/C13H15NO2S/c1-15-10-4-5-13(12(14)9-10)16-7-6-11-3-2-8-17-11/h2-5,8-9H,6-7,14H2,1H3. The van der Waals surface area contributed by atoms with Gasteiger partial charge in [0.05, 0.1) is 19.4 Å². The third-order valence-electron chi connectivity index (χ3n) is 2.40. The Morgan fingerprint density at radius 1 is 1.29 bits per heavy atom. The Labute approximate surface area is 105 Å². The van der Waals surface area contributed by atoms with Gasteiger partial charge in [0.1, 0.15) is 11.5 Å². The lowest BCUT2D eigenvalue weighted by molar-refractivity contribution is 0.324. The zero-order valence-electron chi connectivity index (χ0n) is 9.68. The minimum atomic E-state index is 0.607. The van der Waals surface area contributed by atoms with Crippen LogP contribution in [0.2, 0.25) is 0 Å². The van der Waals surface area contributed by atoms with E-state index in [1.165, 1.54) is 4.88 Å². The lowest BCUT2D eigenvalue weighted by Gasteiger charge is -2.09. The van der Waals surface area contributed by atoms with Crippen molar-refractivity contribution in [2.75, 3.05) is 19.5 Å². The number of rotatable bonds is 5. The Morgan fingerprint density at radius 3 is 2.82 bits per heavy atom. The zero-order valence-corrected chi connectivity index (χ0v) is 10.5. The molecule has 1 aromatic carbocycles. The fraction of sp³-hybridized carbons (Fsp3) is 0.231. The molecule has 2 rings (SSSR count). The topological polar surface area (TPSA) is 44.5 Å². The van der Waals surface area contributed by atoms with Crippen molar-refractivity contribution in [1.29, 1.82) is 0 Å². The highest BCUT2D eigenvalue weighted by atomic mass is 32.1. The van der Waals surface area contributed by atoms with E-state index in [1.54, 1.807) is 24.5 Å². The summed E-state index contributed by atoms with van der Waals surface area (Å²) >= 11 is 1.74. The lowest BCUT2D eigenvalue weighted by Crippen LogP contribution is -2.02. The van der Waals surface area contributed by atoms with Crippen molar-refractivity contribution < 1.29 is 9.47 Å². The highest BCUT2D eigenvalue weighted by Crippen LogP contribution is 2.26. The van der Waals surface area contributed by atoms with E-state index in [2.05, 4.69) is 11.4 Å². The summed E-state index contributed by atoms with van der Waals surface area (Å²) in [6.07, 6.45) is 0.906. The molecule has 0 bridgehead atoms. The van der Waals surface area contributed by atoms with Crippen LogP contribution in [0.1, 0.15) is 4.88 Å². The van der Waals surface area contributed by atoms with E-state index in [4.69, 9.17) is 15.2 Å². The number of nitrogens with two attached hydrogens (primary N) is 1. The van der Waals surface area contributed by atoms with Crippen molar-refractivity contribution in [3.05, 3.63) is 40.6 Å². The molecule has 0 radical (unpaired) electrons. The van der Waals surface area contributed by atoms with Crippen LogP contribution in [0.5, 0.6) is 11.5 Å². The van der Waals surface area contributed by atoms with Gasteiger partial charge in [-0.15, -0.1) is 11.3 Å². The summed E-state index contributed by atoms with van der Waals surface area (Å²) in [6, 6.07) is 9.59. The second kappa shape index (κ2) is 5.59. The molecular formula is C13H15NO2S. The van der Waals surface area contributed by atoms with Crippen molar-refractivity contribution in [2.45, 2.75) is 6.42 Å². The first kappa shape index (κ1) is 11.8. The summed E-state index contributed by atoms with van der Waals surface area (Å²) in [4.78, 5) is 1.32. The predicted octanol–water partition coefficient (Wildman–Crippen LogP) is 2.96. The SMILES string of the molecule is COc1ccc(OCCc2cccs2)c(N)c1. The smallest absolute Gasteiger partial charge is 0.142 e.